The molecule has 1 aliphatic rings. The molecular formula is C13H22N4O2S2. The van der Waals surface area contributed by atoms with Crippen molar-refractivity contribution in [3.05, 3.63) is 0 Å². The lowest BCUT2D eigenvalue weighted by Crippen LogP contribution is -2.56. The molecule has 1 atom stereocenters. The van der Waals surface area contributed by atoms with Gasteiger partial charge in [0, 0.05) is 19.8 Å². The van der Waals surface area contributed by atoms with Crippen LogP contribution in [0.1, 0.15) is 19.8 Å². The number of hydrogen-bond acceptors (Lipinski definition) is 8. The van der Waals surface area contributed by atoms with Gasteiger partial charge in [-0.1, -0.05) is 30.0 Å². The Bertz CT molecular complexity index is 490. The molecule has 118 valence electrons. The Morgan fingerprint density at radius 3 is 2.71 bits per heavy atom. The number of ether oxygens (including phenoxy) is 1. The number of nitrogens with one attached hydrogen (secondary N) is 1. The van der Waals surface area contributed by atoms with Crippen LogP contribution in [0.25, 0.3) is 0 Å². The smallest absolute Gasteiger partial charge is 0.327 e. The summed E-state index contributed by atoms with van der Waals surface area (Å²) in [4.78, 5) is 14.2. The quantitative estimate of drug-likeness (QED) is 0.574. The SMILES string of the molecule is CCNC(CSc1nnc(N(C)C)s1)(C(=O)OC)C1CC1. The number of carbonyl (C=O) groups excluding carboxylic acids is 1. The minimum atomic E-state index is -0.599. The van der Waals surface area contributed by atoms with Gasteiger partial charge in [-0.15, -0.1) is 10.2 Å². The minimum Gasteiger partial charge on any atom is -0.468 e. The molecule has 2 rings (SSSR count). The van der Waals surface area contributed by atoms with E-state index in [-0.39, 0.29) is 5.97 Å². The van der Waals surface area contributed by atoms with Gasteiger partial charge in [0.15, 0.2) is 4.34 Å². The van der Waals surface area contributed by atoms with Crippen molar-refractivity contribution in [3.63, 3.8) is 0 Å². The van der Waals surface area contributed by atoms with Gasteiger partial charge in [0.2, 0.25) is 5.13 Å². The molecule has 1 aromatic rings. The fourth-order valence-electron chi connectivity index (χ4n) is 2.30. The van der Waals surface area contributed by atoms with E-state index in [2.05, 4.69) is 15.5 Å². The third-order valence-corrected chi connectivity index (χ3v) is 5.94. The van der Waals surface area contributed by atoms with Gasteiger partial charge < -0.3 is 15.0 Å². The number of hydrogen-bond donors (Lipinski definition) is 1. The molecule has 0 aliphatic heterocycles. The first-order chi connectivity index (χ1) is 10.0. The van der Waals surface area contributed by atoms with Crippen LogP contribution in [0.15, 0.2) is 4.34 Å². The summed E-state index contributed by atoms with van der Waals surface area (Å²) >= 11 is 3.11. The normalized spacial score (nSPS) is 17.3. The number of rotatable bonds is 8. The molecule has 0 aromatic carbocycles. The Balaban J connectivity index is 2.09. The van der Waals surface area contributed by atoms with Crippen molar-refractivity contribution in [1.82, 2.24) is 15.5 Å². The molecule has 8 heteroatoms. The summed E-state index contributed by atoms with van der Waals surface area (Å²) in [6.45, 7) is 2.76. The summed E-state index contributed by atoms with van der Waals surface area (Å²) in [5.41, 5.74) is -0.599. The molecular weight excluding hydrogens is 308 g/mol. The highest BCUT2D eigenvalue weighted by molar-refractivity contribution is 8.01. The summed E-state index contributed by atoms with van der Waals surface area (Å²) in [6, 6.07) is 0. The average Bonchev–Trinajstić information content (AvgIpc) is 3.21. The predicted molar refractivity (Wildman–Crippen MR) is 86.1 cm³/mol. The highest BCUT2D eigenvalue weighted by Crippen LogP contribution is 2.43. The lowest BCUT2D eigenvalue weighted by Gasteiger charge is -2.31. The fourth-order valence-corrected chi connectivity index (χ4v) is 4.35. The number of esters is 1. The van der Waals surface area contributed by atoms with Crippen LogP contribution in [-0.4, -0.2) is 55.2 Å². The summed E-state index contributed by atoms with van der Waals surface area (Å²) in [7, 11) is 5.34. The van der Waals surface area contributed by atoms with Crippen LogP contribution in [-0.2, 0) is 9.53 Å². The second-order valence-electron chi connectivity index (χ2n) is 5.30. The van der Waals surface area contributed by atoms with E-state index in [0.29, 0.717) is 11.7 Å². The second-order valence-corrected chi connectivity index (χ2v) is 7.48. The topological polar surface area (TPSA) is 67.4 Å². The maximum Gasteiger partial charge on any atom is 0.327 e. The molecule has 0 bridgehead atoms. The van der Waals surface area contributed by atoms with Crippen LogP contribution < -0.4 is 10.2 Å². The number of anilines is 1. The largest absolute Gasteiger partial charge is 0.468 e. The van der Waals surface area contributed by atoms with Gasteiger partial charge in [-0.05, 0) is 25.3 Å². The molecule has 21 heavy (non-hydrogen) atoms. The van der Waals surface area contributed by atoms with Crippen molar-refractivity contribution in [1.29, 1.82) is 0 Å². The number of nitrogens with zero attached hydrogens (tertiary/aromatic N) is 3. The first kappa shape index (κ1) is 16.5. The summed E-state index contributed by atoms with van der Waals surface area (Å²) < 4.78 is 5.93. The van der Waals surface area contributed by atoms with Crippen LogP contribution in [0, 0.1) is 5.92 Å². The highest BCUT2D eigenvalue weighted by Gasteiger charge is 2.51. The minimum absolute atomic E-state index is 0.170. The van der Waals surface area contributed by atoms with Gasteiger partial charge >= 0.3 is 5.97 Å². The molecule has 6 nitrogen and oxygen atoms in total. The highest BCUT2D eigenvalue weighted by atomic mass is 32.2. The molecule has 0 radical (unpaired) electrons. The Kier molecular flexibility index (Phi) is 5.45. The van der Waals surface area contributed by atoms with E-state index in [1.54, 1.807) is 11.8 Å². The lowest BCUT2D eigenvalue weighted by atomic mass is 9.95. The van der Waals surface area contributed by atoms with Crippen molar-refractivity contribution in [2.45, 2.75) is 29.6 Å². The van der Waals surface area contributed by atoms with Crippen LogP contribution in [0.2, 0.25) is 0 Å². The van der Waals surface area contributed by atoms with Crippen molar-refractivity contribution >= 4 is 34.2 Å². The Labute approximate surface area is 133 Å². The molecule has 1 saturated carbocycles. The van der Waals surface area contributed by atoms with E-state index in [4.69, 9.17) is 4.74 Å². The number of aromatic nitrogens is 2. The third kappa shape index (κ3) is 3.67. The molecule has 1 aromatic heterocycles. The Hall–Kier alpha value is -0.860. The monoisotopic (exact) mass is 330 g/mol. The zero-order valence-corrected chi connectivity index (χ0v) is 14.5. The summed E-state index contributed by atoms with van der Waals surface area (Å²) in [6.07, 6.45) is 2.14. The van der Waals surface area contributed by atoms with Crippen LogP contribution in [0.3, 0.4) is 0 Å². The average molecular weight is 330 g/mol. The van der Waals surface area contributed by atoms with Gasteiger partial charge in [-0.2, -0.15) is 0 Å². The number of carbonyl (C=O) groups is 1. The van der Waals surface area contributed by atoms with E-state index in [1.807, 2.05) is 25.9 Å². The van der Waals surface area contributed by atoms with Crippen molar-refractivity contribution in [3.8, 4) is 0 Å². The van der Waals surface area contributed by atoms with Gasteiger partial charge in [-0.25, -0.2) is 0 Å². The fraction of sp³-hybridized carbons (Fsp3) is 0.769. The molecule has 1 aliphatic carbocycles. The van der Waals surface area contributed by atoms with Crippen molar-refractivity contribution in [2.24, 2.45) is 5.92 Å². The van der Waals surface area contributed by atoms with E-state index < -0.39 is 5.54 Å². The zero-order chi connectivity index (χ0) is 15.5. The molecule has 0 saturated heterocycles. The van der Waals surface area contributed by atoms with Crippen LogP contribution in [0.4, 0.5) is 5.13 Å². The van der Waals surface area contributed by atoms with Crippen molar-refractivity contribution < 1.29 is 9.53 Å². The van der Waals surface area contributed by atoms with E-state index >= 15 is 0 Å². The maximum absolute atomic E-state index is 12.3. The van der Waals surface area contributed by atoms with Gasteiger partial charge in [-0.3, -0.25) is 4.79 Å². The Morgan fingerprint density at radius 2 is 2.24 bits per heavy atom. The molecule has 1 fully saturated rings. The number of methoxy groups -OCH3 is 1. The summed E-state index contributed by atoms with van der Waals surface area (Å²) in [5.74, 6) is 0.815. The van der Waals surface area contributed by atoms with E-state index in [0.717, 1.165) is 28.9 Å². The number of thioether (sulfide) groups is 1. The van der Waals surface area contributed by atoms with Crippen LogP contribution in [0.5, 0.6) is 0 Å². The van der Waals surface area contributed by atoms with Crippen molar-refractivity contribution in [2.75, 3.05) is 38.4 Å². The van der Waals surface area contributed by atoms with E-state index in [9.17, 15) is 4.79 Å². The summed E-state index contributed by atoms with van der Waals surface area (Å²) in [5, 5.41) is 12.5. The zero-order valence-electron chi connectivity index (χ0n) is 12.9. The van der Waals surface area contributed by atoms with Gasteiger partial charge in [0.1, 0.15) is 5.54 Å². The van der Waals surface area contributed by atoms with E-state index in [1.165, 1.54) is 18.4 Å². The molecule has 0 amide bonds. The third-order valence-electron chi connectivity index (χ3n) is 3.52. The molecule has 1 unspecified atom stereocenters. The first-order valence-corrected chi connectivity index (χ1v) is 8.80. The van der Waals surface area contributed by atoms with Gasteiger partial charge in [0.05, 0.1) is 7.11 Å². The second kappa shape index (κ2) is 6.93. The molecule has 1 N–H and O–H groups in total. The molecule has 1 heterocycles. The lowest BCUT2D eigenvalue weighted by molar-refractivity contribution is -0.148. The van der Waals surface area contributed by atoms with Gasteiger partial charge in [0.25, 0.3) is 0 Å². The predicted octanol–water partition coefficient (Wildman–Crippen LogP) is 1.63. The maximum atomic E-state index is 12.3. The standard InChI is InChI=1S/C13H22N4O2S2/c1-5-14-13(9-6-7-9,10(18)19-4)8-20-12-16-15-11(21-12)17(2)3/h9,14H,5-8H2,1-4H3. The number of likely N-dealkylation sites (N-methyl/N-ethyl adjacent to an activating group) is 1. The Morgan fingerprint density at radius 1 is 1.52 bits per heavy atom. The molecule has 0 spiro atoms. The first-order valence-electron chi connectivity index (χ1n) is 7.00. The van der Waals surface area contributed by atoms with Crippen LogP contribution >= 0.6 is 23.1 Å².